The number of carbonyl (C=O) groups excluding carboxylic acids is 1. The van der Waals surface area contributed by atoms with E-state index in [1.807, 2.05) is 17.0 Å². The van der Waals surface area contributed by atoms with Crippen molar-refractivity contribution in [2.45, 2.75) is 25.3 Å². The fraction of sp³-hybridized carbons (Fsp3) is 0.458. The van der Waals surface area contributed by atoms with Crippen molar-refractivity contribution in [3.63, 3.8) is 0 Å². The fourth-order valence-corrected chi connectivity index (χ4v) is 4.62. The van der Waals surface area contributed by atoms with Crippen LogP contribution in [0.25, 0.3) is 0 Å². The van der Waals surface area contributed by atoms with E-state index in [1.54, 1.807) is 7.11 Å². The van der Waals surface area contributed by atoms with Gasteiger partial charge in [0.2, 0.25) is 5.91 Å². The molecule has 2 aliphatic rings. The van der Waals surface area contributed by atoms with Crippen molar-refractivity contribution in [3.8, 4) is 5.75 Å². The highest BCUT2D eigenvalue weighted by Crippen LogP contribution is 2.33. The van der Waals surface area contributed by atoms with E-state index in [0.29, 0.717) is 12.6 Å². The zero-order chi connectivity index (χ0) is 20.2. The van der Waals surface area contributed by atoms with Gasteiger partial charge >= 0.3 is 0 Å². The lowest BCUT2D eigenvalue weighted by Crippen LogP contribution is -2.51. The zero-order valence-electron chi connectivity index (χ0n) is 17.5. The van der Waals surface area contributed by atoms with Gasteiger partial charge < -0.3 is 14.5 Å². The Morgan fingerprint density at radius 1 is 1.07 bits per heavy atom. The zero-order valence-corrected chi connectivity index (χ0v) is 17.5. The van der Waals surface area contributed by atoms with Crippen molar-refractivity contribution in [3.05, 3.63) is 59.7 Å². The van der Waals surface area contributed by atoms with Gasteiger partial charge in [-0.1, -0.05) is 24.3 Å². The van der Waals surface area contributed by atoms with Gasteiger partial charge in [0.05, 0.1) is 13.7 Å². The predicted octanol–water partition coefficient (Wildman–Crippen LogP) is 3.35. The molecule has 4 rings (SSSR count). The van der Waals surface area contributed by atoms with E-state index in [0.717, 1.165) is 44.8 Å². The van der Waals surface area contributed by atoms with Crippen molar-refractivity contribution in [1.29, 1.82) is 0 Å². The molecule has 0 saturated carbocycles. The molecule has 0 unspecified atom stereocenters. The number of rotatable bonds is 5. The molecule has 0 radical (unpaired) electrons. The van der Waals surface area contributed by atoms with Crippen LogP contribution in [0.2, 0.25) is 0 Å². The van der Waals surface area contributed by atoms with E-state index in [4.69, 9.17) is 4.74 Å². The Morgan fingerprint density at radius 2 is 1.79 bits per heavy atom. The van der Waals surface area contributed by atoms with Gasteiger partial charge in [0, 0.05) is 37.9 Å². The number of fused-ring (bicyclic) bond motifs is 1. The lowest BCUT2D eigenvalue weighted by molar-refractivity contribution is -0.133. The minimum absolute atomic E-state index is 0.241. The molecule has 154 valence electrons. The van der Waals surface area contributed by atoms with Gasteiger partial charge in [-0.05, 0) is 61.7 Å². The van der Waals surface area contributed by atoms with Crippen molar-refractivity contribution >= 4 is 11.6 Å². The molecular weight excluding hydrogens is 362 g/mol. The van der Waals surface area contributed by atoms with Crippen LogP contribution < -0.4 is 9.64 Å². The van der Waals surface area contributed by atoms with E-state index in [1.165, 1.54) is 23.2 Å². The molecule has 2 aromatic rings. The Hall–Kier alpha value is -2.53. The third kappa shape index (κ3) is 4.40. The minimum atomic E-state index is 0.241. The Balaban J connectivity index is 1.32. The molecule has 5 nitrogen and oxygen atoms in total. The molecular formula is C24H31N3O2. The smallest absolute Gasteiger partial charge is 0.236 e. The SMILES string of the molecule is COc1ccc(N2CCN(C(=O)CN(C)[C@@H]3CCCc4ccccc43)CC2)cc1. The van der Waals surface area contributed by atoms with Crippen LogP contribution in [0.1, 0.15) is 30.0 Å². The standard InChI is InChI=1S/C24H31N3O2/c1-25(23-9-5-7-19-6-3-4-8-22(19)23)18-24(28)27-16-14-26(15-17-27)20-10-12-21(29-2)13-11-20/h3-4,6,8,10-13,23H,5,7,9,14-18H2,1-2H3/t23-/m1/s1. The first-order valence-electron chi connectivity index (χ1n) is 10.6. The van der Waals surface area contributed by atoms with Crippen LogP contribution in [0.3, 0.4) is 0 Å². The monoisotopic (exact) mass is 393 g/mol. The number of piperazine rings is 1. The van der Waals surface area contributed by atoms with E-state index >= 15 is 0 Å². The van der Waals surface area contributed by atoms with Gasteiger partial charge in [-0.15, -0.1) is 0 Å². The average Bonchev–Trinajstić information content (AvgIpc) is 2.78. The lowest BCUT2D eigenvalue weighted by atomic mass is 9.87. The third-order valence-corrected chi connectivity index (χ3v) is 6.32. The molecule has 1 aliphatic carbocycles. The van der Waals surface area contributed by atoms with Gasteiger partial charge in [-0.3, -0.25) is 9.69 Å². The second-order valence-corrected chi connectivity index (χ2v) is 8.09. The van der Waals surface area contributed by atoms with Crippen molar-refractivity contribution in [2.24, 2.45) is 0 Å². The molecule has 1 fully saturated rings. The van der Waals surface area contributed by atoms with Crippen LogP contribution in [0.15, 0.2) is 48.5 Å². The third-order valence-electron chi connectivity index (χ3n) is 6.32. The quantitative estimate of drug-likeness (QED) is 0.781. The number of aryl methyl sites for hydroxylation is 1. The van der Waals surface area contributed by atoms with Gasteiger partial charge in [-0.25, -0.2) is 0 Å². The van der Waals surface area contributed by atoms with Crippen LogP contribution in [0.5, 0.6) is 5.75 Å². The number of anilines is 1. The Bertz CT molecular complexity index is 828. The molecule has 0 spiro atoms. The Kier molecular flexibility index (Phi) is 6.05. The first-order chi connectivity index (χ1) is 14.2. The summed E-state index contributed by atoms with van der Waals surface area (Å²) in [6, 6.07) is 17.2. The maximum absolute atomic E-state index is 12.9. The first-order valence-corrected chi connectivity index (χ1v) is 10.6. The molecule has 1 amide bonds. The number of likely N-dealkylation sites (N-methyl/N-ethyl adjacent to an activating group) is 1. The van der Waals surface area contributed by atoms with Gasteiger partial charge in [0.1, 0.15) is 5.75 Å². The molecule has 1 heterocycles. The highest BCUT2D eigenvalue weighted by atomic mass is 16.5. The largest absolute Gasteiger partial charge is 0.497 e. The summed E-state index contributed by atoms with van der Waals surface area (Å²) in [5.74, 6) is 1.11. The highest BCUT2D eigenvalue weighted by Gasteiger charge is 2.27. The summed E-state index contributed by atoms with van der Waals surface area (Å²) in [6.07, 6.45) is 3.48. The number of hydrogen-bond donors (Lipinski definition) is 0. The first kappa shape index (κ1) is 19.8. The Morgan fingerprint density at radius 3 is 2.52 bits per heavy atom. The number of carbonyl (C=O) groups is 1. The summed E-state index contributed by atoms with van der Waals surface area (Å²) < 4.78 is 5.24. The summed E-state index contributed by atoms with van der Waals surface area (Å²) in [5.41, 5.74) is 4.03. The van der Waals surface area contributed by atoms with Crippen LogP contribution in [0, 0.1) is 0 Å². The normalized spacial score (nSPS) is 19.2. The number of nitrogens with zero attached hydrogens (tertiary/aromatic N) is 3. The fourth-order valence-electron chi connectivity index (χ4n) is 4.62. The summed E-state index contributed by atoms with van der Waals surface area (Å²) in [6.45, 7) is 3.78. The summed E-state index contributed by atoms with van der Waals surface area (Å²) >= 11 is 0. The molecule has 1 aliphatic heterocycles. The average molecular weight is 394 g/mol. The summed E-state index contributed by atoms with van der Waals surface area (Å²) in [4.78, 5) is 19.5. The van der Waals surface area contributed by atoms with Crippen LogP contribution in [-0.2, 0) is 11.2 Å². The minimum Gasteiger partial charge on any atom is -0.497 e. The maximum Gasteiger partial charge on any atom is 0.236 e. The number of ether oxygens (including phenoxy) is 1. The molecule has 0 bridgehead atoms. The Labute approximate surface area is 173 Å². The van der Waals surface area contributed by atoms with E-state index in [9.17, 15) is 4.79 Å². The molecule has 0 N–H and O–H groups in total. The second kappa shape index (κ2) is 8.87. The van der Waals surface area contributed by atoms with Crippen molar-refractivity contribution in [2.75, 3.05) is 51.8 Å². The topological polar surface area (TPSA) is 36.0 Å². The van der Waals surface area contributed by atoms with E-state index < -0.39 is 0 Å². The summed E-state index contributed by atoms with van der Waals surface area (Å²) in [5, 5.41) is 0. The van der Waals surface area contributed by atoms with Crippen LogP contribution in [-0.4, -0.2) is 62.6 Å². The van der Waals surface area contributed by atoms with Crippen LogP contribution in [0.4, 0.5) is 5.69 Å². The molecule has 1 saturated heterocycles. The predicted molar refractivity (Wildman–Crippen MR) is 117 cm³/mol. The molecule has 1 atom stereocenters. The lowest BCUT2D eigenvalue weighted by Gasteiger charge is -2.38. The number of amides is 1. The van der Waals surface area contributed by atoms with E-state index in [-0.39, 0.29) is 5.91 Å². The van der Waals surface area contributed by atoms with Gasteiger partial charge in [0.25, 0.3) is 0 Å². The van der Waals surface area contributed by atoms with Crippen molar-refractivity contribution < 1.29 is 9.53 Å². The van der Waals surface area contributed by atoms with E-state index in [2.05, 4.69) is 53.2 Å². The number of methoxy groups -OCH3 is 1. The number of hydrogen-bond acceptors (Lipinski definition) is 4. The van der Waals surface area contributed by atoms with Crippen molar-refractivity contribution in [1.82, 2.24) is 9.80 Å². The molecule has 5 heteroatoms. The summed E-state index contributed by atoms with van der Waals surface area (Å²) in [7, 11) is 3.78. The number of benzene rings is 2. The highest BCUT2D eigenvalue weighted by molar-refractivity contribution is 5.78. The second-order valence-electron chi connectivity index (χ2n) is 8.09. The molecule has 29 heavy (non-hydrogen) atoms. The maximum atomic E-state index is 12.9. The molecule has 0 aromatic heterocycles. The van der Waals surface area contributed by atoms with Crippen LogP contribution >= 0.6 is 0 Å². The van der Waals surface area contributed by atoms with Gasteiger partial charge in [0.15, 0.2) is 0 Å². The van der Waals surface area contributed by atoms with Gasteiger partial charge in [-0.2, -0.15) is 0 Å². The molecule has 2 aromatic carbocycles.